The van der Waals surface area contributed by atoms with E-state index in [0.29, 0.717) is 6.54 Å². The van der Waals surface area contributed by atoms with E-state index in [1.807, 2.05) is 11.7 Å². The lowest BCUT2D eigenvalue weighted by Gasteiger charge is -2.30. The second-order valence-electron chi connectivity index (χ2n) is 5.60. The van der Waals surface area contributed by atoms with Crippen molar-refractivity contribution in [1.29, 1.82) is 0 Å². The summed E-state index contributed by atoms with van der Waals surface area (Å²) in [5, 5.41) is 4.55. The number of hydrogen-bond acceptors (Lipinski definition) is 4. The molecule has 1 aromatic heterocycles. The quantitative estimate of drug-likeness (QED) is 0.740. The Labute approximate surface area is 123 Å². The van der Waals surface area contributed by atoms with Crippen molar-refractivity contribution in [2.24, 2.45) is 12.8 Å². The van der Waals surface area contributed by atoms with Crippen LogP contribution in [-0.2, 0) is 13.5 Å². The van der Waals surface area contributed by atoms with Gasteiger partial charge in [-0.15, -0.1) is 0 Å². The molecule has 0 spiro atoms. The molecule has 0 bridgehead atoms. The summed E-state index contributed by atoms with van der Waals surface area (Å²) < 4.78 is 1.91. The molecule has 5 heteroatoms. The molecule has 116 valence electrons. The molecule has 0 aliphatic heterocycles. The fourth-order valence-electron chi connectivity index (χ4n) is 2.70. The third kappa shape index (κ3) is 4.58. The van der Waals surface area contributed by atoms with Crippen LogP contribution in [0.1, 0.15) is 37.6 Å². The zero-order valence-electron chi connectivity index (χ0n) is 13.8. The van der Waals surface area contributed by atoms with Gasteiger partial charge in [-0.05, 0) is 40.0 Å². The minimum Gasteiger partial charge on any atom is -0.329 e. The van der Waals surface area contributed by atoms with Crippen LogP contribution in [0, 0.1) is 0 Å². The smallest absolute Gasteiger partial charge is 0.0670 e. The molecule has 5 nitrogen and oxygen atoms in total. The first kappa shape index (κ1) is 17.1. The molecule has 0 aromatic carbocycles. The molecule has 0 aliphatic rings. The van der Waals surface area contributed by atoms with Crippen LogP contribution in [0.15, 0.2) is 6.20 Å². The van der Waals surface area contributed by atoms with Crippen molar-refractivity contribution < 1.29 is 0 Å². The van der Waals surface area contributed by atoms with E-state index < -0.39 is 0 Å². The largest absolute Gasteiger partial charge is 0.329 e. The Morgan fingerprint density at radius 2 is 2.00 bits per heavy atom. The lowest BCUT2D eigenvalue weighted by atomic mass is 10.0. The fraction of sp³-hybridized carbons (Fsp3) is 0.800. The molecule has 1 heterocycles. The highest BCUT2D eigenvalue weighted by Crippen LogP contribution is 2.23. The Morgan fingerprint density at radius 1 is 1.30 bits per heavy atom. The molecule has 1 unspecified atom stereocenters. The number of aromatic nitrogens is 2. The van der Waals surface area contributed by atoms with E-state index in [1.165, 1.54) is 17.7 Å². The number of nitrogens with two attached hydrogens (primary N) is 1. The monoisotopic (exact) mass is 281 g/mol. The van der Waals surface area contributed by atoms with Crippen LogP contribution in [0.25, 0.3) is 0 Å². The van der Waals surface area contributed by atoms with Crippen molar-refractivity contribution in [3.05, 3.63) is 17.5 Å². The number of hydrogen-bond donors (Lipinski definition) is 1. The number of aryl methyl sites for hydroxylation is 2. The number of likely N-dealkylation sites (N-methyl/N-ethyl adjacent to an activating group) is 1. The zero-order chi connectivity index (χ0) is 15.1. The summed E-state index contributed by atoms with van der Waals surface area (Å²) in [5.41, 5.74) is 8.53. The van der Waals surface area contributed by atoms with Gasteiger partial charge < -0.3 is 10.6 Å². The van der Waals surface area contributed by atoms with E-state index in [0.717, 1.165) is 26.1 Å². The van der Waals surface area contributed by atoms with E-state index in [2.05, 4.69) is 49.0 Å². The predicted molar refractivity (Wildman–Crippen MR) is 84.8 cm³/mol. The first-order chi connectivity index (χ1) is 9.53. The van der Waals surface area contributed by atoms with Crippen LogP contribution in [-0.4, -0.2) is 59.9 Å². The molecule has 20 heavy (non-hydrogen) atoms. The van der Waals surface area contributed by atoms with Crippen molar-refractivity contribution >= 4 is 0 Å². The predicted octanol–water partition coefficient (Wildman–Crippen LogP) is 1.26. The Balaban J connectivity index is 2.79. The van der Waals surface area contributed by atoms with Crippen molar-refractivity contribution in [1.82, 2.24) is 19.6 Å². The molecule has 1 aromatic rings. The summed E-state index contributed by atoms with van der Waals surface area (Å²) in [4.78, 5) is 4.70. The van der Waals surface area contributed by atoms with Gasteiger partial charge in [0.1, 0.15) is 0 Å². The van der Waals surface area contributed by atoms with Gasteiger partial charge in [0, 0.05) is 31.9 Å². The summed E-state index contributed by atoms with van der Waals surface area (Å²) >= 11 is 0. The summed E-state index contributed by atoms with van der Waals surface area (Å²) in [7, 11) is 6.22. The topological polar surface area (TPSA) is 50.3 Å². The Kier molecular flexibility index (Phi) is 7.19. The molecule has 0 aliphatic carbocycles. The molecular weight excluding hydrogens is 250 g/mol. The average molecular weight is 281 g/mol. The Hall–Kier alpha value is -0.910. The van der Waals surface area contributed by atoms with E-state index in [4.69, 9.17) is 5.73 Å². The summed E-state index contributed by atoms with van der Waals surface area (Å²) in [6.07, 6.45) is 4.26. The normalized spacial score (nSPS) is 13.4. The van der Waals surface area contributed by atoms with Gasteiger partial charge in [-0.25, -0.2) is 0 Å². The fourth-order valence-corrected chi connectivity index (χ4v) is 2.70. The van der Waals surface area contributed by atoms with Crippen LogP contribution < -0.4 is 5.73 Å². The van der Waals surface area contributed by atoms with Crippen molar-refractivity contribution in [2.45, 2.75) is 32.7 Å². The van der Waals surface area contributed by atoms with Crippen molar-refractivity contribution in [2.75, 3.05) is 40.3 Å². The van der Waals surface area contributed by atoms with Crippen LogP contribution in [0.2, 0.25) is 0 Å². The molecule has 0 saturated heterocycles. The van der Waals surface area contributed by atoms with Gasteiger partial charge in [0.25, 0.3) is 0 Å². The summed E-state index contributed by atoms with van der Waals surface area (Å²) in [5.74, 6) is 0. The van der Waals surface area contributed by atoms with E-state index in [9.17, 15) is 0 Å². The minimum atomic E-state index is 0.283. The van der Waals surface area contributed by atoms with Crippen LogP contribution >= 0.6 is 0 Å². The van der Waals surface area contributed by atoms with Gasteiger partial charge in [-0.2, -0.15) is 5.10 Å². The van der Waals surface area contributed by atoms with Crippen LogP contribution in [0.5, 0.6) is 0 Å². The second kappa shape index (κ2) is 8.39. The van der Waals surface area contributed by atoms with Crippen molar-refractivity contribution in [3.63, 3.8) is 0 Å². The molecule has 2 N–H and O–H groups in total. The molecule has 0 fully saturated rings. The second-order valence-corrected chi connectivity index (χ2v) is 5.60. The van der Waals surface area contributed by atoms with Gasteiger partial charge in [-0.1, -0.05) is 13.8 Å². The van der Waals surface area contributed by atoms with Crippen molar-refractivity contribution in [3.8, 4) is 0 Å². The number of rotatable bonds is 9. The Morgan fingerprint density at radius 3 is 2.50 bits per heavy atom. The summed E-state index contributed by atoms with van der Waals surface area (Å²) in [6, 6.07) is 0.283. The van der Waals surface area contributed by atoms with E-state index in [-0.39, 0.29) is 6.04 Å². The highest BCUT2D eigenvalue weighted by atomic mass is 15.3. The number of nitrogens with zero attached hydrogens (tertiary/aromatic N) is 4. The Bertz CT molecular complexity index is 386. The van der Waals surface area contributed by atoms with Gasteiger partial charge in [0.05, 0.1) is 11.7 Å². The molecule has 0 saturated carbocycles. The van der Waals surface area contributed by atoms with Gasteiger partial charge in [0.2, 0.25) is 0 Å². The van der Waals surface area contributed by atoms with Crippen LogP contribution in [0.4, 0.5) is 0 Å². The maximum absolute atomic E-state index is 6.06. The third-order valence-corrected chi connectivity index (χ3v) is 3.75. The highest BCUT2D eigenvalue weighted by molar-refractivity contribution is 5.22. The highest BCUT2D eigenvalue weighted by Gasteiger charge is 2.22. The third-order valence-electron chi connectivity index (χ3n) is 3.75. The molecular formula is C15H31N5. The van der Waals surface area contributed by atoms with E-state index in [1.54, 1.807) is 0 Å². The van der Waals surface area contributed by atoms with Gasteiger partial charge in [0.15, 0.2) is 0 Å². The maximum Gasteiger partial charge on any atom is 0.0670 e. The maximum atomic E-state index is 6.06. The van der Waals surface area contributed by atoms with Gasteiger partial charge >= 0.3 is 0 Å². The van der Waals surface area contributed by atoms with Crippen LogP contribution in [0.3, 0.4) is 0 Å². The molecule has 1 rings (SSSR count). The standard InChI is InChI=1S/C15H31N5/c1-6-14-13(12-19(5)17-14)15(11-16)20(7-2)10-8-9-18(3)4/h12,15H,6-11,16H2,1-5H3. The van der Waals surface area contributed by atoms with E-state index >= 15 is 0 Å². The lowest BCUT2D eigenvalue weighted by molar-refractivity contribution is 0.200. The average Bonchev–Trinajstić information content (AvgIpc) is 2.78. The minimum absolute atomic E-state index is 0.283. The molecule has 0 radical (unpaired) electrons. The summed E-state index contributed by atoms with van der Waals surface area (Å²) in [6.45, 7) is 8.22. The first-order valence-electron chi connectivity index (χ1n) is 7.64. The molecule has 0 amide bonds. The molecule has 1 atom stereocenters. The first-order valence-corrected chi connectivity index (χ1v) is 7.64. The lowest BCUT2D eigenvalue weighted by Crippen LogP contribution is -2.35. The van der Waals surface area contributed by atoms with Gasteiger partial charge in [-0.3, -0.25) is 9.58 Å². The zero-order valence-corrected chi connectivity index (χ0v) is 13.8. The SMILES string of the molecule is CCc1nn(C)cc1C(CN)N(CC)CCCN(C)C.